The van der Waals surface area contributed by atoms with Crippen LogP contribution in [0.4, 0.5) is 4.39 Å². The Balaban J connectivity index is 1.61. The highest BCUT2D eigenvalue weighted by molar-refractivity contribution is 6.06. The molecule has 4 rings (SSSR count). The SMILES string of the molecule is C=CN1C=CC([C@H](CC)NC(=O)c2cncc3c2cnn3-c2ccc(F)cc2)=CC1. The molecule has 0 saturated carbocycles. The molecular formula is C23H22FN5O. The van der Waals surface area contributed by atoms with Gasteiger partial charge in [0.15, 0.2) is 0 Å². The molecule has 0 bridgehead atoms. The van der Waals surface area contributed by atoms with Gasteiger partial charge in [-0.15, -0.1) is 0 Å². The number of hydrogen-bond donors (Lipinski definition) is 1. The van der Waals surface area contributed by atoms with Crippen molar-refractivity contribution in [1.29, 1.82) is 0 Å². The third kappa shape index (κ3) is 3.74. The van der Waals surface area contributed by atoms with Crippen LogP contribution >= 0.6 is 0 Å². The van der Waals surface area contributed by atoms with Crippen LogP contribution in [0.2, 0.25) is 0 Å². The minimum absolute atomic E-state index is 0.108. The van der Waals surface area contributed by atoms with Crippen molar-refractivity contribution in [2.24, 2.45) is 0 Å². The van der Waals surface area contributed by atoms with Crippen molar-refractivity contribution >= 4 is 16.8 Å². The maximum Gasteiger partial charge on any atom is 0.254 e. The minimum Gasteiger partial charge on any atom is -0.351 e. The molecule has 1 aliphatic rings. The summed E-state index contributed by atoms with van der Waals surface area (Å²) in [5.41, 5.74) is 2.89. The molecule has 1 atom stereocenters. The Labute approximate surface area is 174 Å². The maximum atomic E-state index is 13.3. The van der Waals surface area contributed by atoms with E-state index in [-0.39, 0.29) is 17.8 Å². The van der Waals surface area contributed by atoms with Crippen LogP contribution in [0, 0.1) is 5.82 Å². The zero-order valence-electron chi connectivity index (χ0n) is 16.6. The number of amides is 1. The lowest BCUT2D eigenvalue weighted by molar-refractivity contribution is 0.0943. The number of carbonyl (C=O) groups excluding carboxylic acids is 1. The van der Waals surface area contributed by atoms with E-state index in [9.17, 15) is 9.18 Å². The Morgan fingerprint density at radius 2 is 2.10 bits per heavy atom. The first-order valence-corrected chi connectivity index (χ1v) is 9.75. The van der Waals surface area contributed by atoms with Crippen molar-refractivity contribution in [3.63, 3.8) is 0 Å². The molecular weight excluding hydrogens is 381 g/mol. The first-order chi connectivity index (χ1) is 14.6. The molecule has 0 radical (unpaired) electrons. The van der Waals surface area contributed by atoms with Crippen molar-refractivity contribution in [2.45, 2.75) is 19.4 Å². The van der Waals surface area contributed by atoms with Gasteiger partial charge < -0.3 is 10.2 Å². The molecule has 6 nitrogen and oxygen atoms in total. The molecule has 7 heteroatoms. The molecule has 1 amide bonds. The highest BCUT2D eigenvalue weighted by Crippen LogP contribution is 2.22. The molecule has 2 aromatic heterocycles. The van der Waals surface area contributed by atoms with Crippen LogP contribution in [0.15, 0.2) is 79.6 Å². The number of benzene rings is 1. The van der Waals surface area contributed by atoms with Crippen molar-refractivity contribution in [3.05, 3.63) is 90.9 Å². The van der Waals surface area contributed by atoms with Gasteiger partial charge in [-0.1, -0.05) is 19.6 Å². The number of nitrogens with one attached hydrogen (secondary N) is 1. The third-order valence-corrected chi connectivity index (χ3v) is 5.16. The van der Waals surface area contributed by atoms with E-state index in [2.05, 4.69) is 28.1 Å². The highest BCUT2D eigenvalue weighted by Gasteiger charge is 2.20. The summed E-state index contributed by atoms with van der Waals surface area (Å²) in [5.74, 6) is -0.527. The number of nitrogens with zero attached hydrogens (tertiary/aromatic N) is 4. The quantitative estimate of drug-likeness (QED) is 0.677. The number of halogens is 1. The lowest BCUT2D eigenvalue weighted by Crippen LogP contribution is -2.36. The Morgan fingerprint density at radius 3 is 2.77 bits per heavy atom. The summed E-state index contributed by atoms with van der Waals surface area (Å²) >= 11 is 0. The number of aromatic nitrogens is 3. The van der Waals surface area contributed by atoms with E-state index in [0.29, 0.717) is 22.2 Å². The molecule has 0 unspecified atom stereocenters. The van der Waals surface area contributed by atoms with Gasteiger partial charge in [0.1, 0.15) is 5.82 Å². The van der Waals surface area contributed by atoms with Gasteiger partial charge in [0.05, 0.1) is 35.2 Å². The second kappa shape index (κ2) is 8.32. The Kier molecular flexibility index (Phi) is 5.43. The Hall–Kier alpha value is -3.74. The predicted octanol–water partition coefficient (Wildman–Crippen LogP) is 3.97. The fourth-order valence-corrected chi connectivity index (χ4v) is 3.48. The van der Waals surface area contributed by atoms with E-state index in [1.54, 1.807) is 41.6 Å². The molecule has 152 valence electrons. The van der Waals surface area contributed by atoms with Gasteiger partial charge in [-0.3, -0.25) is 9.78 Å². The second-order valence-corrected chi connectivity index (χ2v) is 6.99. The number of pyridine rings is 1. The molecule has 1 aromatic carbocycles. The van der Waals surface area contributed by atoms with Gasteiger partial charge in [-0.2, -0.15) is 5.10 Å². The number of carbonyl (C=O) groups is 1. The summed E-state index contributed by atoms with van der Waals surface area (Å²) in [5, 5.41) is 8.17. The van der Waals surface area contributed by atoms with Gasteiger partial charge in [0.2, 0.25) is 0 Å². The summed E-state index contributed by atoms with van der Waals surface area (Å²) in [7, 11) is 0. The fraction of sp³-hybridized carbons (Fsp3) is 0.174. The average molecular weight is 403 g/mol. The standard InChI is InChI=1S/C23H22FN5O/c1-3-21(16-9-11-28(4-2)12-10-16)27-23(30)20-13-25-15-22-19(20)14-26-29(22)18-7-5-17(24)6-8-18/h4-11,13-15,21H,2-3,12H2,1H3,(H,27,30)/t21-/m0/s1. The molecule has 0 saturated heterocycles. The third-order valence-electron chi connectivity index (χ3n) is 5.16. The zero-order chi connectivity index (χ0) is 21.1. The number of hydrogen-bond acceptors (Lipinski definition) is 4. The van der Waals surface area contributed by atoms with Gasteiger partial charge in [-0.25, -0.2) is 9.07 Å². The molecule has 0 fully saturated rings. The summed E-state index contributed by atoms with van der Waals surface area (Å²) in [6.07, 6.45) is 13.4. The summed E-state index contributed by atoms with van der Waals surface area (Å²) in [4.78, 5) is 19.3. The number of fused-ring (bicyclic) bond motifs is 1. The van der Waals surface area contributed by atoms with Gasteiger partial charge in [-0.05, 0) is 48.5 Å². The smallest absolute Gasteiger partial charge is 0.254 e. The predicted molar refractivity (Wildman–Crippen MR) is 114 cm³/mol. The van der Waals surface area contributed by atoms with Crippen molar-refractivity contribution < 1.29 is 9.18 Å². The van der Waals surface area contributed by atoms with Crippen LogP contribution in [0.1, 0.15) is 23.7 Å². The van der Waals surface area contributed by atoms with Crippen molar-refractivity contribution in [2.75, 3.05) is 6.54 Å². The Morgan fingerprint density at radius 1 is 1.30 bits per heavy atom. The lowest BCUT2D eigenvalue weighted by atomic mass is 10.0. The summed E-state index contributed by atoms with van der Waals surface area (Å²) in [6, 6.07) is 5.91. The summed E-state index contributed by atoms with van der Waals surface area (Å²) < 4.78 is 14.9. The average Bonchev–Trinajstić information content (AvgIpc) is 3.22. The lowest BCUT2D eigenvalue weighted by Gasteiger charge is -2.24. The molecule has 0 spiro atoms. The highest BCUT2D eigenvalue weighted by atomic mass is 19.1. The molecule has 3 aromatic rings. The summed E-state index contributed by atoms with van der Waals surface area (Å²) in [6.45, 7) is 6.52. The molecule has 0 aliphatic carbocycles. The fourth-order valence-electron chi connectivity index (χ4n) is 3.48. The van der Waals surface area contributed by atoms with Crippen molar-refractivity contribution in [1.82, 2.24) is 25.0 Å². The van der Waals surface area contributed by atoms with E-state index in [1.807, 2.05) is 24.1 Å². The van der Waals surface area contributed by atoms with Crippen molar-refractivity contribution in [3.8, 4) is 5.69 Å². The van der Waals surface area contributed by atoms with E-state index in [1.165, 1.54) is 12.1 Å². The van der Waals surface area contributed by atoms with E-state index >= 15 is 0 Å². The number of rotatable bonds is 6. The molecule has 1 aliphatic heterocycles. The molecule has 30 heavy (non-hydrogen) atoms. The normalized spacial score (nSPS) is 14.5. The first kappa shape index (κ1) is 19.6. The monoisotopic (exact) mass is 403 g/mol. The van der Waals surface area contributed by atoms with Crippen LogP contribution in [-0.4, -0.2) is 38.2 Å². The zero-order valence-corrected chi connectivity index (χ0v) is 16.6. The molecule has 3 heterocycles. The van der Waals surface area contributed by atoms with E-state index in [4.69, 9.17) is 0 Å². The van der Waals surface area contributed by atoms with Gasteiger partial charge >= 0.3 is 0 Å². The van der Waals surface area contributed by atoms with Crippen LogP contribution in [-0.2, 0) is 0 Å². The van der Waals surface area contributed by atoms with Crippen LogP contribution in [0.3, 0.4) is 0 Å². The minimum atomic E-state index is -0.318. The first-order valence-electron chi connectivity index (χ1n) is 9.75. The second-order valence-electron chi connectivity index (χ2n) is 6.99. The van der Waals surface area contributed by atoms with E-state index < -0.39 is 0 Å². The maximum absolute atomic E-state index is 13.3. The topological polar surface area (TPSA) is 63.1 Å². The van der Waals surface area contributed by atoms with Gasteiger partial charge in [0, 0.05) is 24.3 Å². The van der Waals surface area contributed by atoms with E-state index in [0.717, 1.165) is 18.5 Å². The van der Waals surface area contributed by atoms with Crippen LogP contribution in [0.25, 0.3) is 16.6 Å². The largest absolute Gasteiger partial charge is 0.351 e. The van der Waals surface area contributed by atoms with Gasteiger partial charge in [0.25, 0.3) is 5.91 Å². The van der Waals surface area contributed by atoms with Crippen LogP contribution < -0.4 is 5.32 Å². The van der Waals surface area contributed by atoms with Crippen LogP contribution in [0.5, 0.6) is 0 Å². The Bertz CT molecular complexity index is 1150. The molecule has 1 N–H and O–H groups in total.